The fraction of sp³-hybridized carbons (Fsp3) is 0.529. The quantitative estimate of drug-likeness (QED) is 0.680. The molecule has 24 heavy (non-hydrogen) atoms. The van der Waals surface area contributed by atoms with Crippen LogP contribution in [0.25, 0.3) is 0 Å². The van der Waals surface area contributed by atoms with Gasteiger partial charge in [-0.3, -0.25) is 9.59 Å². The van der Waals surface area contributed by atoms with Crippen molar-refractivity contribution in [3.63, 3.8) is 0 Å². The molecule has 5 nitrogen and oxygen atoms in total. The summed E-state index contributed by atoms with van der Waals surface area (Å²) in [4.78, 5) is 23.7. The van der Waals surface area contributed by atoms with Gasteiger partial charge in [0, 0.05) is 31.1 Å². The van der Waals surface area contributed by atoms with Gasteiger partial charge in [-0.25, -0.2) is 4.39 Å². The number of hydrogen-bond acceptors (Lipinski definition) is 3. The van der Waals surface area contributed by atoms with Crippen molar-refractivity contribution in [2.75, 3.05) is 13.1 Å². The highest BCUT2D eigenvalue weighted by Crippen LogP contribution is 2.26. The topological polar surface area (TPSA) is 84.2 Å². The first-order valence-electron chi connectivity index (χ1n) is 8.04. The highest BCUT2D eigenvalue weighted by Gasteiger charge is 2.25. The lowest BCUT2D eigenvalue weighted by atomic mass is 10.00. The summed E-state index contributed by atoms with van der Waals surface area (Å²) in [5.74, 6) is -0.530. The smallest absolute Gasteiger partial charge is 0.251 e. The van der Waals surface area contributed by atoms with E-state index in [0.29, 0.717) is 25.1 Å². The number of carbonyl (C=O) groups excluding carboxylic acids is 2. The van der Waals surface area contributed by atoms with Crippen LogP contribution in [0.4, 0.5) is 4.39 Å². The Morgan fingerprint density at radius 1 is 1.25 bits per heavy atom. The zero-order valence-electron chi connectivity index (χ0n) is 13.8. The van der Waals surface area contributed by atoms with Crippen LogP contribution < -0.4 is 16.4 Å². The van der Waals surface area contributed by atoms with Gasteiger partial charge in [0.15, 0.2) is 0 Å². The molecule has 1 fully saturated rings. The molecule has 0 aliphatic heterocycles. The van der Waals surface area contributed by atoms with E-state index < -0.39 is 5.82 Å². The molecule has 0 spiro atoms. The fourth-order valence-corrected chi connectivity index (χ4v) is 2.84. The van der Waals surface area contributed by atoms with E-state index in [9.17, 15) is 14.0 Å². The number of halogens is 2. The second kappa shape index (κ2) is 9.59. The maximum absolute atomic E-state index is 13.4. The molecule has 0 heterocycles. The third kappa shape index (κ3) is 5.76. The van der Waals surface area contributed by atoms with E-state index in [1.165, 1.54) is 6.07 Å². The molecule has 7 heteroatoms. The van der Waals surface area contributed by atoms with E-state index >= 15 is 0 Å². The van der Waals surface area contributed by atoms with Crippen molar-refractivity contribution in [3.8, 4) is 0 Å². The molecule has 1 aliphatic carbocycles. The van der Waals surface area contributed by atoms with Crippen LogP contribution in [0.5, 0.6) is 0 Å². The van der Waals surface area contributed by atoms with Gasteiger partial charge in [0.2, 0.25) is 5.91 Å². The average Bonchev–Trinajstić information content (AvgIpc) is 2.91. The second-order valence-electron chi connectivity index (χ2n) is 6.13. The van der Waals surface area contributed by atoms with E-state index in [1.54, 1.807) is 19.1 Å². The monoisotopic (exact) mass is 357 g/mol. The van der Waals surface area contributed by atoms with Crippen LogP contribution in [0.1, 0.15) is 41.6 Å². The molecule has 1 aromatic carbocycles. The summed E-state index contributed by atoms with van der Waals surface area (Å²) in [6.07, 6.45) is 3.52. The van der Waals surface area contributed by atoms with E-state index in [0.717, 1.165) is 19.3 Å². The Morgan fingerprint density at radius 3 is 2.58 bits per heavy atom. The number of hydrogen-bond donors (Lipinski definition) is 3. The molecule has 2 amide bonds. The summed E-state index contributed by atoms with van der Waals surface area (Å²) in [5, 5.41) is 5.43. The highest BCUT2D eigenvalue weighted by molar-refractivity contribution is 5.94. The van der Waals surface area contributed by atoms with Crippen LogP contribution in [0.2, 0.25) is 0 Å². The number of nitrogens with one attached hydrogen (secondary N) is 2. The maximum atomic E-state index is 13.4. The highest BCUT2D eigenvalue weighted by atomic mass is 35.5. The molecule has 0 unspecified atom stereocenters. The van der Waals surface area contributed by atoms with Gasteiger partial charge in [0.05, 0.1) is 0 Å². The largest absolute Gasteiger partial charge is 0.354 e. The van der Waals surface area contributed by atoms with Gasteiger partial charge >= 0.3 is 0 Å². The minimum atomic E-state index is -0.404. The molecule has 1 aliphatic rings. The first-order chi connectivity index (χ1) is 11.0. The summed E-state index contributed by atoms with van der Waals surface area (Å²) in [6, 6.07) is 4.48. The second-order valence-corrected chi connectivity index (χ2v) is 6.13. The molecule has 0 bridgehead atoms. The van der Waals surface area contributed by atoms with Gasteiger partial charge in [-0.05, 0) is 43.4 Å². The van der Waals surface area contributed by atoms with Crippen molar-refractivity contribution in [2.45, 2.75) is 38.6 Å². The summed E-state index contributed by atoms with van der Waals surface area (Å²) in [7, 11) is 0. The lowest BCUT2D eigenvalue weighted by molar-refractivity contribution is -0.122. The van der Waals surface area contributed by atoms with Gasteiger partial charge in [0.1, 0.15) is 5.82 Å². The number of amides is 2. The molecule has 4 N–H and O–H groups in total. The van der Waals surface area contributed by atoms with Crippen molar-refractivity contribution in [1.29, 1.82) is 0 Å². The van der Waals surface area contributed by atoms with Crippen molar-refractivity contribution >= 4 is 24.2 Å². The first kappa shape index (κ1) is 20.4. The number of aryl methyl sites for hydroxylation is 1. The molecular formula is C17H25ClFN3O2. The van der Waals surface area contributed by atoms with E-state index in [-0.39, 0.29) is 41.7 Å². The van der Waals surface area contributed by atoms with Crippen LogP contribution >= 0.6 is 12.4 Å². The van der Waals surface area contributed by atoms with Gasteiger partial charge in [-0.2, -0.15) is 0 Å². The van der Waals surface area contributed by atoms with Crippen LogP contribution in [0, 0.1) is 18.7 Å². The molecule has 2 atom stereocenters. The van der Waals surface area contributed by atoms with E-state index in [4.69, 9.17) is 5.73 Å². The predicted molar refractivity (Wildman–Crippen MR) is 93.7 cm³/mol. The molecular weight excluding hydrogens is 333 g/mol. The van der Waals surface area contributed by atoms with Crippen molar-refractivity contribution in [3.05, 3.63) is 35.1 Å². The lowest BCUT2D eigenvalue weighted by Gasteiger charge is -2.14. The van der Waals surface area contributed by atoms with Crippen LogP contribution in [-0.2, 0) is 4.79 Å². The Balaban J connectivity index is 0.00000288. The minimum Gasteiger partial charge on any atom is -0.354 e. The zero-order valence-corrected chi connectivity index (χ0v) is 14.6. The lowest BCUT2D eigenvalue weighted by Crippen LogP contribution is -2.36. The van der Waals surface area contributed by atoms with Gasteiger partial charge in [0.25, 0.3) is 5.91 Å². The molecule has 0 aromatic heterocycles. The van der Waals surface area contributed by atoms with Crippen LogP contribution in [0.15, 0.2) is 18.2 Å². The number of benzene rings is 1. The zero-order chi connectivity index (χ0) is 16.8. The number of carbonyl (C=O) groups is 2. The average molecular weight is 358 g/mol. The molecule has 0 radical (unpaired) electrons. The Hall–Kier alpha value is -1.66. The fourth-order valence-electron chi connectivity index (χ4n) is 2.84. The summed E-state index contributed by atoms with van der Waals surface area (Å²) in [6.45, 7) is 2.29. The number of rotatable bonds is 6. The Morgan fingerprint density at radius 2 is 1.96 bits per heavy atom. The predicted octanol–water partition coefficient (Wildman–Crippen LogP) is 1.92. The summed E-state index contributed by atoms with van der Waals surface area (Å²) in [5.41, 5.74) is 6.71. The Labute approximate surface area is 148 Å². The Kier molecular flexibility index (Phi) is 8.15. The summed E-state index contributed by atoms with van der Waals surface area (Å²) < 4.78 is 13.4. The normalized spacial score (nSPS) is 19.5. The standard InChI is InChI=1S/C17H24FN3O2.ClH/c1-11-5-6-13(9-14(11)18)17(23)21-8-7-20-16(22)10-12-3-2-4-15(12)19;/h5-6,9,12,15H,2-4,7-8,10,19H2,1H3,(H,20,22)(H,21,23);1H/t12-,15+;/m0./s1. The van der Waals surface area contributed by atoms with Crippen molar-refractivity contribution in [2.24, 2.45) is 11.7 Å². The van der Waals surface area contributed by atoms with Crippen LogP contribution in [-0.4, -0.2) is 30.9 Å². The van der Waals surface area contributed by atoms with Crippen molar-refractivity contribution < 1.29 is 14.0 Å². The third-order valence-electron chi connectivity index (χ3n) is 4.33. The molecule has 1 saturated carbocycles. The van der Waals surface area contributed by atoms with Crippen molar-refractivity contribution in [1.82, 2.24) is 10.6 Å². The van der Waals surface area contributed by atoms with Gasteiger partial charge in [-0.1, -0.05) is 12.5 Å². The SMILES string of the molecule is Cc1ccc(C(=O)NCCNC(=O)C[C@@H]2CCC[C@H]2N)cc1F.Cl. The Bertz CT molecular complexity index is 583. The van der Waals surface area contributed by atoms with Gasteiger partial charge < -0.3 is 16.4 Å². The first-order valence-corrected chi connectivity index (χ1v) is 8.04. The molecule has 134 valence electrons. The maximum Gasteiger partial charge on any atom is 0.251 e. The molecule has 2 rings (SSSR count). The van der Waals surface area contributed by atoms with Gasteiger partial charge in [-0.15, -0.1) is 12.4 Å². The molecule has 1 aromatic rings. The van der Waals surface area contributed by atoms with E-state index in [2.05, 4.69) is 10.6 Å². The van der Waals surface area contributed by atoms with E-state index in [1.807, 2.05) is 0 Å². The van der Waals surface area contributed by atoms with Crippen LogP contribution in [0.3, 0.4) is 0 Å². The third-order valence-corrected chi connectivity index (χ3v) is 4.33. The minimum absolute atomic E-state index is 0. The number of nitrogens with two attached hydrogens (primary N) is 1. The molecule has 0 saturated heterocycles. The summed E-state index contributed by atoms with van der Waals surface area (Å²) >= 11 is 0.